The molecule has 0 bridgehead atoms. The molecule has 130 valence electrons. The van der Waals surface area contributed by atoms with Gasteiger partial charge < -0.3 is 21.3 Å². The summed E-state index contributed by atoms with van der Waals surface area (Å²) in [6, 6.07) is 3.51. The lowest BCUT2D eigenvalue weighted by Gasteiger charge is -2.23. The van der Waals surface area contributed by atoms with Gasteiger partial charge in [-0.1, -0.05) is 11.6 Å². The molecule has 1 saturated heterocycles. The van der Waals surface area contributed by atoms with Crippen molar-refractivity contribution in [3.8, 4) is 0 Å². The van der Waals surface area contributed by atoms with E-state index >= 15 is 0 Å². The fraction of sp³-hybridized carbons (Fsp3) is 0.438. The molecule has 0 unspecified atom stereocenters. The molecule has 4 amide bonds. The smallest absolute Gasteiger partial charge is 0.319 e. The van der Waals surface area contributed by atoms with Gasteiger partial charge in [0.1, 0.15) is 6.04 Å². The van der Waals surface area contributed by atoms with Crippen LogP contribution >= 0.6 is 11.6 Å². The van der Waals surface area contributed by atoms with E-state index in [0.717, 1.165) is 6.42 Å². The number of anilines is 1. The van der Waals surface area contributed by atoms with E-state index in [0.29, 0.717) is 29.2 Å². The van der Waals surface area contributed by atoms with Crippen LogP contribution in [0.4, 0.5) is 10.5 Å². The van der Waals surface area contributed by atoms with Gasteiger partial charge >= 0.3 is 6.03 Å². The first-order chi connectivity index (χ1) is 11.4. The maximum absolute atomic E-state index is 12.1. The lowest BCUT2D eigenvalue weighted by molar-refractivity contribution is -0.124. The fourth-order valence-corrected chi connectivity index (χ4v) is 2.50. The van der Waals surface area contributed by atoms with Crippen molar-refractivity contribution < 1.29 is 14.4 Å². The molecule has 1 aliphatic rings. The Hall–Kier alpha value is -2.28. The molecule has 1 heterocycles. The molecular weight excluding hydrogens is 332 g/mol. The van der Waals surface area contributed by atoms with Crippen molar-refractivity contribution in [2.45, 2.75) is 38.8 Å². The summed E-state index contributed by atoms with van der Waals surface area (Å²) in [5, 5.41) is 11.0. The molecule has 24 heavy (non-hydrogen) atoms. The van der Waals surface area contributed by atoms with Gasteiger partial charge in [-0.2, -0.15) is 0 Å². The molecule has 7 nitrogen and oxygen atoms in total. The number of carbonyl (C=O) groups excluding carboxylic acids is 3. The first kappa shape index (κ1) is 18.1. The Labute approximate surface area is 145 Å². The molecule has 4 N–H and O–H groups in total. The third kappa shape index (κ3) is 4.86. The second-order valence-corrected chi connectivity index (χ2v) is 6.31. The number of nitrogens with one attached hydrogen (secondary N) is 4. The van der Waals surface area contributed by atoms with E-state index in [-0.39, 0.29) is 17.9 Å². The molecule has 2 rings (SSSR count). The highest BCUT2D eigenvalue weighted by Gasteiger charge is 2.23. The summed E-state index contributed by atoms with van der Waals surface area (Å²) in [5.41, 5.74) is 0.695. The van der Waals surface area contributed by atoms with Crippen LogP contribution in [-0.2, 0) is 4.79 Å². The Morgan fingerprint density at radius 1 is 1.33 bits per heavy atom. The normalized spacial score (nSPS) is 17.2. The van der Waals surface area contributed by atoms with E-state index in [1.807, 2.05) is 13.8 Å². The second kappa shape index (κ2) is 8.01. The molecule has 8 heteroatoms. The van der Waals surface area contributed by atoms with Crippen molar-refractivity contribution >= 4 is 35.1 Å². The standard InChI is InChI=1S/C16H21ClN4O3/c1-9(2)19-14(22)10-5-6-11(17)13(8-10)21-16(24)20-12-4-3-7-18-15(12)23/h5-6,8-9,12H,3-4,7H2,1-2H3,(H,18,23)(H,19,22)(H2,20,21,24)/t12-/m0/s1. The summed E-state index contributed by atoms with van der Waals surface area (Å²) < 4.78 is 0. The Bertz CT molecular complexity index is 648. The Kier molecular flexibility index (Phi) is 6.03. The van der Waals surface area contributed by atoms with Gasteiger partial charge in [-0.15, -0.1) is 0 Å². The summed E-state index contributed by atoms with van der Waals surface area (Å²) in [6.45, 7) is 4.34. The Morgan fingerprint density at radius 3 is 2.75 bits per heavy atom. The third-order valence-corrected chi connectivity index (χ3v) is 3.82. The van der Waals surface area contributed by atoms with Crippen LogP contribution in [0.1, 0.15) is 37.0 Å². The molecule has 0 saturated carbocycles. The van der Waals surface area contributed by atoms with Gasteiger partial charge in [-0.3, -0.25) is 9.59 Å². The number of benzene rings is 1. The van der Waals surface area contributed by atoms with Gasteiger partial charge in [0.15, 0.2) is 0 Å². The fourth-order valence-electron chi connectivity index (χ4n) is 2.33. The first-order valence-corrected chi connectivity index (χ1v) is 8.20. The third-order valence-electron chi connectivity index (χ3n) is 3.49. The predicted octanol–water partition coefficient (Wildman–Crippen LogP) is 1.88. The van der Waals surface area contributed by atoms with E-state index in [2.05, 4.69) is 21.3 Å². The van der Waals surface area contributed by atoms with E-state index in [1.54, 1.807) is 12.1 Å². The summed E-state index contributed by atoms with van der Waals surface area (Å²) in [4.78, 5) is 35.8. The van der Waals surface area contributed by atoms with Crippen molar-refractivity contribution in [2.24, 2.45) is 0 Å². The lowest BCUT2D eigenvalue weighted by Crippen LogP contribution is -2.51. The molecule has 0 aromatic heterocycles. The summed E-state index contributed by atoms with van der Waals surface area (Å²) >= 11 is 6.07. The van der Waals surface area contributed by atoms with Crippen molar-refractivity contribution in [3.05, 3.63) is 28.8 Å². The number of urea groups is 1. The van der Waals surface area contributed by atoms with E-state index < -0.39 is 12.1 Å². The minimum absolute atomic E-state index is 0.00213. The number of hydrogen-bond donors (Lipinski definition) is 4. The molecule has 0 radical (unpaired) electrons. The number of halogens is 1. The minimum atomic E-state index is -0.565. The summed E-state index contributed by atoms with van der Waals surface area (Å²) in [5.74, 6) is -0.454. The van der Waals surface area contributed by atoms with Crippen LogP contribution in [0.3, 0.4) is 0 Å². The molecular formula is C16H21ClN4O3. The minimum Gasteiger partial charge on any atom is -0.354 e. The quantitative estimate of drug-likeness (QED) is 0.665. The van der Waals surface area contributed by atoms with E-state index in [4.69, 9.17) is 11.6 Å². The van der Waals surface area contributed by atoms with Crippen molar-refractivity contribution in [3.63, 3.8) is 0 Å². The van der Waals surface area contributed by atoms with Crippen molar-refractivity contribution in [1.82, 2.24) is 16.0 Å². The topological polar surface area (TPSA) is 99.3 Å². The van der Waals surface area contributed by atoms with Gasteiger partial charge in [-0.25, -0.2) is 4.79 Å². The van der Waals surface area contributed by atoms with Crippen LogP contribution in [0.15, 0.2) is 18.2 Å². The first-order valence-electron chi connectivity index (χ1n) is 7.82. The van der Waals surface area contributed by atoms with Crippen LogP contribution in [0.2, 0.25) is 5.02 Å². The number of amides is 4. The van der Waals surface area contributed by atoms with Crippen LogP contribution in [0.25, 0.3) is 0 Å². The number of hydrogen-bond acceptors (Lipinski definition) is 3. The van der Waals surface area contributed by atoms with Gasteiger partial charge in [0.05, 0.1) is 10.7 Å². The van der Waals surface area contributed by atoms with Crippen LogP contribution in [0.5, 0.6) is 0 Å². The molecule has 1 aromatic carbocycles. The summed E-state index contributed by atoms with van der Waals surface area (Å²) in [7, 11) is 0. The molecule has 0 aliphatic carbocycles. The molecule has 1 fully saturated rings. The van der Waals surface area contributed by atoms with Crippen LogP contribution in [-0.4, -0.2) is 36.5 Å². The molecule has 1 aromatic rings. The maximum Gasteiger partial charge on any atom is 0.319 e. The SMILES string of the molecule is CC(C)NC(=O)c1ccc(Cl)c(NC(=O)N[C@H]2CCCNC2=O)c1. The largest absolute Gasteiger partial charge is 0.354 e. The maximum atomic E-state index is 12.1. The summed E-state index contributed by atoms with van der Waals surface area (Å²) in [6.07, 6.45) is 1.39. The van der Waals surface area contributed by atoms with E-state index in [9.17, 15) is 14.4 Å². The van der Waals surface area contributed by atoms with Gasteiger partial charge in [0.2, 0.25) is 5.91 Å². The van der Waals surface area contributed by atoms with Gasteiger partial charge in [-0.05, 0) is 44.9 Å². The zero-order valence-electron chi connectivity index (χ0n) is 13.6. The zero-order chi connectivity index (χ0) is 17.7. The number of piperidine rings is 1. The highest BCUT2D eigenvalue weighted by Crippen LogP contribution is 2.23. The van der Waals surface area contributed by atoms with Gasteiger partial charge in [0.25, 0.3) is 5.91 Å². The van der Waals surface area contributed by atoms with Crippen LogP contribution < -0.4 is 21.3 Å². The lowest BCUT2D eigenvalue weighted by atomic mass is 10.1. The number of rotatable bonds is 4. The number of carbonyl (C=O) groups is 3. The van der Waals surface area contributed by atoms with E-state index in [1.165, 1.54) is 6.07 Å². The zero-order valence-corrected chi connectivity index (χ0v) is 14.4. The average molecular weight is 353 g/mol. The Balaban J connectivity index is 2.04. The van der Waals surface area contributed by atoms with Crippen LogP contribution in [0, 0.1) is 0 Å². The molecule has 1 aliphatic heterocycles. The molecule has 1 atom stereocenters. The monoisotopic (exact) mass is 352 g/mol. The predicted molar refractivity (Wildman–Crippen MR) is 92.2 cm³/mol. The van der Waals surface area contributed by atoms with Crippen molar-refractivity contribution in [1.29, 1.82) is 0 Å². The second-order valence-electron chi connectivity index (χ2n) is 5.91. The highest BCUT2D eigenvalue weighted by atomic mass is 35.5. The van der Waals surface area contributed by atoms with Crippen molar-refractivity contribution in [2.75, 3.05) is 11.9 Å². The highest BCUT2D eigenvalue weighted by molar-refractivity contribution is 6.33. The van der Waals surface area contributed by atoms with Gasteiger partial charge in [0, 0.05) is 18.2 Å². The average Bonchev–Trinajstić information content (AvgIpc) is 2.51. The molecule has 0 spiro atoms. The Morgan fingerprint density at radius 2 is 2.08 bits per heavy atom.